The Balaban J connectivity index is 2.30. The standard InChI is InChI=1S/C10H18N2O/c1-9-4-2-3-7-12(9)8-10(13)5-6-11/h9-10,13H,2-5,7-8H2,1H3/t9?,10-/m1/s1. The van der Waals surface area contributed by atoms with Gasteiger partial charge >= 0.3 is 0 Å². The highest BCUT2D eigenvalue weighted by Crippen LogP contribution is 2.16. The molecule has 1 aliphatic rings. The Morgan fingerprint density at radius 1 is 1.62 bits per heavy atom. The number of aliphatic hydroxyl groups excluding tert-OH is 1. The van der Waals surface area contributed by atoms with Gasteiger partial charge in [0.2, 0.25) is 0 Å². The number of aliphatic hydroxyl groups is 1. The van der Waals surface area contributed by atoms with E-state index in [4.69, 9.17) is 5.26 Å². The van der Waals surface area contributed by atoms with Gasteiger partial charge in [0.1, 0.15) is 0 Å². The third-order valence-electron chi connectivity index (χ3n) is 2.71. The zero-order valence-corrected chi connectivity index (χ0v) is 8.24. The summed E-state index contributed by atoms with van der Waals surface area (Å²) in [5.41, 5.74) is 0. The molecule has 1 aliphatic heterocycles. The molecule has 3 heteroatoms. The molecule has 0 spiro atoms. The van der Waals surface area contributed by atoms with Gasteiger partial charge in [-0.05, 0) is 26.3 Å². The van der Waals surface area contributed by atoms with Crippen LogP contribution >= 0.6 is 0 Å². The maximum absolute atomic E-state index is 9.46. The molecule has 0 aromatic heterocycles. The van der Waals surface area contributed by atoms with Gasteiger partial charge in [-0.15, -0.1) is 0 Å². The van der Waals surface area contributed by atoms with Crippen LogP contribution in [0.4, 0.5) is 0 Å². The Morgan fingerprint density at radius 2 is 2.38 bits per heavy atom. The topological polar surface area (TPSA) is 47.3 Å². The molecule has 1 rings (SSSR count). The number of nitrogens with zero attached hydrogens (tertiary/aromatic N) is 2. The lowest BCUT2D eigenvalue weighted by molar-refractivity contribution is 0.0759. The van der Waals surface area contributed by atoms with Crippen LogP contribution < -0.4 is 0 Å². The second-order valence-corrected chi connectivity index (χ2v) is 3.86. The van der Waals surface area contributed by atoms with E-state index in [1.54, 1.807) is 0 Å². The summed E-state index contributed by atoms with van der Waals surface area (Å²) >= 11 is 0. The first-order valence-corrected chi connectivity index (χ1v) is 5.03. The monoisotopic (exact) mass is 182 g/mol. The fraction of sp³-hybridized carbons (Fsp3) is 0.900. The first-order valence-electron chi connectivity index (χ1n) is 5.03. The molecule has 0 aromatic carbocycles. The van der Waals surface area contributed by atoms with Crippen LogP contribution in [0.3, 0.4) is 0 Å². The van der Waals surface area contributed by atoms with E-state index in [2.05, 4.69) is 11.8 Å². The predicted molar refractivity (Wildman–Crippen MR) is 51.1 cm³/mol. The first-order chi connectivity index (χ1) is 6.24. The minimum atomic E-state index is -0.467. The van der Waals surface area contributed by atoms with E-state index < -0.39 is 6.10 Å². The molecule has 1 N–H and O–H groups in total. The summed E-state index contributed by atoms with van der Waals surface area (Å²) in [6.45, 7) is 3.93. The van der Waals surface area contributed by atoms with Gasteiger partial charge in [-0.2, -0.15) is 5.26 Å². The summed E-state index contributed by atoms with van der Waals surface area (Å²) in [6, 6.07) is 2.57. The van der Waals surface area contributed by atoms with Crippen molar-refractivity contribution < 1.29 is 5.11 Å². The molecule has 0 amide bonds. The van der Waals surface area contributed by atoms with Crippen LogP contribution in [0.2, 0.25) is 0 Å². The van der Waals surface area contributed by atoms with Crippen molar-refractivity contribution in [1.29, 1.82) is 5.26 Å². The van der Waals surface area contributed by atoms with Crippen molar-refractivity contribution in [3.63, 3.8) is 0 Å². The molecular weight excluding hydrogens is 164 g/mol. The maximum atomic E-state index is 9.46. The van der Waals surface area contributed by atoms with Gasteiger partial charge in [-0.1, -0.05) is 6.42 Å². The van der Waals surface area contributed by atoms with Crippen LogP contribution in [0.25, 0.3) is 0 Å². The van der Waals surface area contributed by atoms with Gasteiger partial charge < -0.3 is 5.11 Å². The highest BCUT2D eigenvalue weighted by molar-refractivity contribution is 4.80. The molecule has 0 bridgehead atoms. The van der Waals surface area contributed by atoms with Crippen LogP contribution in [-0.4, -0.2) is 35.2 Å². The molecule has 1 heterocycles. The summed E-state index contributed by atoms with van der Waals surface area (Å²) in [7, 11) is 0. The minimum Gasteiger partial charge on any atom is -0.391 e. The number of hydrogen-bond acceptors (Lipinski definition) is 3. The quantitative estimate of drug-likeness (QED) is 0.712. The van der Waals surface area contributed by atoms with Crippen molar-refractivity contribution in [2.24, 2.45) is 0 Å². The molecule has 0 radical (unpaired) electrons. The Kier molecular flexibility index (Phi) is 4.20. The minimum absolute atomic E-state index is 0.253. The Morgan fingerprint density at radius 3 is 3.00 bits per heavy atom. The molecular formula is C10H18N2O. The number of piperidine rings is 1. The largest absolute Gasteiger partial charge is 0.391 e. The predicted octanol–water partition coefficient (Wildman–Crippen LogP) is 1.14. The average molecular weight is 182 g/mol. The van der Waals surface area contributed by atoms with E-state index in [0.717, 1.165) is 6.54 Å². The van der Waals surface area contributed by atoms with Gasteiger partial charge in [0.05, 0.1) is 18.6 Å². The normalized spacial score (nSPS) is 26.7. The van der Waals surface area contributed by atoms with Crippen molar-refractivity contribution in [3.05, 3.63) is 0 Å². The number of rotatable bonds is 3. The van der Waals surface area contributed by atoms with Gasteiger partial charge in [-0.3, -0.25) is 4.90 Å². The van der Waals surface area contributed by atoms with Crippen LogP contribution in [-0.2, 0) is 0 Å². The number of hydrogen-bond donors (Lipinski definition) is 1. The first kappa shape index (κ1) is 10.5. The molecule has 2 atom stereocenters. The number of nitriles is 1. The summed E-state index contributed by atoms with van der Waals surface area (Å²) in [5.74, 6) is 0. The Labute approximate surface area is 80.0 Å². The zero-order chi connectivity index (χ0) is 9.68. The van der Waals surface area contributed by atoms with Crippen molar-refractivity contribution in [2.75, 3.05) is 13.1 Å². The van der Waals surface area contributed by atoms with E-state index >= 15 is 0 Å². The Bertz CT molecular complexity index is 188. The van der Waals surface area contributed by atoms with E-state index in [0.29, 0.717) is 12.6 Å². The zero-order valence-electron chi connectivity index (χ0n) is 8.24. The third kappa shape index (κ3) is 3.33. The SMILES string of the molecule is CC1CCCCN1C[C@H](O)CC#N. The lowest BCUT2D eigenvalue weighted by Gasteiger charge is -2.34. The molecule has 1 saturated heterocycles. The fourth-order valence-electron chi connectivity index (χ4n) is 1.87. The fourth-order valence-corrected chi connectivity index (χ4v) is 1.87. The second-order valence-electron chi connectivity index (χ2n) is 3.86. The average Bonchev–Trinajstić information content (AvgIpc) is 2.09. The van der Waals surface area contributed by atoms with Gasteiger partial charge in [0.15, 0.2) is 0 Å². The Hall–Kier alpha value is -0.590. The van der Waals surface area contributed by atoms with Gasteiger partial charge in [0.25, 0.3) is 0 Å². The molecule has 74 valence electrons. The summed E-state index contributed by atoms with van der Waals surface area (Å²) in [6.07, 6.45) is 3.53. The van der Waals surface area contributed by atoms with Crippen molar-refractivity contribution in [3.8, 4) is 6.07 Å². The molecule has 1 unspecified atom stereocenters. The lowest BCUT2D eigenvalue weighted by atomic mass is 10.0. The van der Waals surface area contributed by atoms with Crippen molar-refractivity contribution >= 4 is 0 Å². The highest BCUT2D eigenvalue weighted by Gasteiger charge is 2.20. The van der Waals surface area contributed by atoms with E-state index in [9.17, 15) is 5.11 Å². The summed E-state index contributed by atoms with van der Waals surface area (Å²) < 4.78 is 0. The number of β-amino-alcohol motifs (C(OH)–C–C–N with tert-alkyl or cyclic N) is 1. The van der Waals surface area contributed by atoms with Crippen molar-refractivity contribution in [1.82, 2.24) is 4.90 Å². The van der Waals surface area contributed by atoms with Crippen LogP contribution in [0, 0.1) is 11.3 Å². The smallest absolute Gasteiger partial charge is 0.0796 e. The van der Waals surface area contributed by atoms with Crippen LogP contribution in [0.15, 0.2) is 0 Å². The third-order valence-corrected chi connectivity index (χ3v) is 2.71. The van der Waals surface area contributed by atoms with E-state index in [1.165, 1.54) is 19.3 Å². The van der Waals surface area contributed by atoms with E-state index in [-0.39, 0.29) is 6.42 Å². The van der Waals surface area contributed by atoms with E-state index in [1.807, 2.05) is 6.07 Å². The summed E-state index contributed by atoms with van der Waals surface area (Å²) in [4.78, 5) is 2.28. The van der Waals surface area contributed by atoms with Gasteiger partial charge in [0, 0.05) is 12.6 Å². The van der Waals surface area contributed by atoms with Crippen LogP contribution in [0.5, 0.6) is 0 Å². The van der Waals surface area contributed by atoms with Crippen molar-refractivity contribution in [2.45, 2.75) is 44.8 Å². The number of likely N-dealkylation sites (tertiary alicyclic amines) is 1. The molecule has 3 nitrogen and oxygen atoms in total. The molecule has 0 aliphatic carbocycles. The highest BCUT2D eigenvalue weighted by atomic mass is 16.3. The molecule has 0 aromatic rings. The molecule has 13 heavy (non-hydrogen) atoms. The van der Waals surface area contributed by atoms with Gasteiger partial charge in [-0.25, -0.2) is 0 Å². The summed E-state index contributed by atoms with van der Waals surface area (Å²) in [5, 5.41) is 17.9. The lowest BCUT2D eigenvalue weighted by Crippen LogP contribution is -2.42. The molecule has 0 saturated carbocycles. The molecule has 1 fully saturated rings. The maximum Gasteiger partial charge on any atom is 0.0796 e. The second kappa shape index (κ2) is 5.21. The van der Waals surface area contributed by atoms with Crippen LogP contribution in [0.1, 0.15) is 32.6 Å².